The monoisotopic (exact) mass is 409 g/mol. The van der Waals surface area contributed by atoms with E-state index in [2.05, 4.69) is 30.6 Å². The summed E-state index contributed by atoms with van der Waals surface area (Å²) >= 11 is 0. The largest absolute Gasteiger partial charge is 0.493 e. The Balaban J connectivity index is 1.74. The minimum atomic E-state index is 0.694. The molecule has 0 spiro atoms. The van der Waals surface area contributed by atoms with Gasteiger partial charge in [-0.3, -0.25) is 4.90 Å². The zero-order valence-corrected chi connectivity index (χ0v) is 18.6. The summed E-state index contributed by atoms with van der Waals surface area (Å²) in [6.45, 7) is 11.8. The highest BCUT2D eigenvalue weighted by Gasteiger charge is 2.23. The number of aromatic nitrogens is 3. The van der Waals surface area contributed by atoms with Gasteiger partial charge in [-0.25, -0.2) is 4.98 Å². The molecule has 1 aliphatic heterocycles. The molecule has 0 atom stereocenters. The number of hydrogen-bond donors (Lipinski definition) is 0. The Morgan fingerprint density at radius 2 is 1.70 bits per heavy atom. The van der Waals surface area contributed by atoms with Crippen LogP contribution in [0.5, 0.6) is 11.5 Å². The van der Waals surface area contributed by atoms with Crippen molar-refractivity contribution in [2.24, 2.45) is 0 Å². The lowest BCUT2D eigenvalue weighted by Gasteiger charge is -2.36. The number of benzene rings is 1. The fourth-order valence-electron chi connectivity index (χ4n) is 4.19. The third-order valence-electron chi connectivity index (χ3n) is 5.94. The first-order valence-electron chi connectivity index (χ1n) is 10.6. The number of methoxy groups -OCH3 is 2. The van der Waals surface area contributed by atoms with E-state index < -0.39 is 0 Å². The van der Waals surface area contributed by atoms with Crippen LogP contribution >= 0.6 is 0 Å². The van der Waals surface area contributed by atoms with Crippen LogP contribution in [0.4, 0.5) is 5.82 Å². The van der Waals surface area contributed by atoms with Crippen molar-refractivity contribution in [3.05, 3.63) is 35.5 Å². The molecule has 0 radical (unpaired) electrons. The second kappa shape index (κ2) is 8.52. The summed E-state index contributed by atoms with van der Waals surface area (Å²) in [5, 5.41) is 4.95. The summed E-state index contributed by atoms with van der Waals surface area (Å²) in [4.78, 5) is 9.79. The van der Waals surface area contributed by atoms with Gasteiger partial charge in [0, 0.05) is 49.1 Å². The summed E-state index contributed by atoms with van der Waals surface area (Å²) < 4.78 is 12.8. The Hall–Kier alpha value is -2.80. The van der Waals surface area contributed by atoms with Crippen LogP contribution in [0.25, 0.3) is 16.9 Å². The SMILES string of the molecule is CCCN1CCN(c2c(C)c(C)nc3cc(-c4ccc(OC)c(OC)c4)nn23)CC1. The molecule has 0 N–H and O–H groups in total. The van der Waals surface area contributed by atoms with Crippen molar-refractivity contribution in [3.8, 4) is 22.8 Å². The second-order valence-corrected chi connectivity index (χ2v) is 7.84. The van der Waals surface area contributed by atoms with Crippen LogP contribution in [-0.2, 0) is 0 Å². The maximum Gasteiger partial charge on any atom is 0.161 e. The lowest BCUT2D eigenvalue weighted by molar-refractivity contribution is 0.257. The summed E-state index contributed by atoms with van der Waals surface area (Å²) in [5.41, 5.74) is 4.96. The van der Waals surface area contributed by atoms with Gasteiger partial charge in [0.2, 0.25) is 0 Å². The zero-order chi connectivity index (χ0) is 21.3. The van der Waals surface area contributed by atoms with Gasteiger partial charge < -0.3 is 14.4 Å². The number of rotatable bonds is 6. The highest BCUT2D eigenvalue weighted by Crippen LogP contribution is 2.33. The lowest BCUT2D eigenvalue weighted by atomic mass is 10.1. The molecule has 3 aromatic rings. The molecule has 30 heavy (non-hydrogen) atoms. The molecule has 1 fully saturated rings. The van der Waals surface area contributed by atoms with Crippen LogP contribution in [0.3, 0.4) is 0 Å². The molecule has 1 saturated heterocycles. The van der Waals surface area contributed by atoms with Gasteiger partial charge in [-0.2, -0.15) is 9.61 Å². The topological polar surface area (TPSA) is 55.1 Å². The van der Waals surface area contributed by atoms with Gasteiger partial charge in [-0.1, -0.05) is 6.92 Å². The molecule has 0 amide bonds. The highest BCUT2D eigenvalue weighted by molar-refractivity contribution is 5.69. The predicted octanol–water partition coefficient (Wildman–Crippen LogP) is 3.56. The number of anilines is 1. The molecular formula is C23H31N5O2. The number of ether oxygens (including phenoxy) is 2. The maximum absolute atomic E-state index is 5.47. The van der Waals surface area contributed by atoms with E-state index in [0.29, 0.717) is 11.5 Å². The number of fused-ring (bicyclic) bond motifs is 1. The second-order valence-electron chi connectivity index (χ2n) is 7.84. The first kappa shape index (κ1) is 20.5. The molecule has 2 aromatic heterocycles. The van der Waals surface area contributed by atoms with Crippen molar-refractivity contribution in [3.63, 3.8) is 0 Å². The van der Waals surface area contributed by atoms with Crippen LogP contribution < -0.4 is 14.4 Å². The van der Waals surface area contributed by atoms with Crippen molar-refractivity contribution < 1.29 is 9.47 Å². The molecule has 7 heteroatoms. The molecule has 0 unspecified atom stereocenters. The fourth-order valence-corrected chi connectivity index (χ4v) is 4.19. The average molecular weight is 410 g/mol. The highest BCUT2D eigenvalue weighted by atomic mass is 16.5. The zero-order valence-electron chi connectivity index (χ0n) is 18.6. The molecule has 0 bridgehead atoms. The van der Waals surface area contributed by atoms with E-state index in [1.807, 2.05) is 28.8 Å². The van der Waals surface area contributed by atoms with Gasteiger partial charge in [-0.15, -0.1) is 0 Å². The number of piperazine rings is 1. The molecule has 3 heterocycles. The summed E-state index contributed by atoms with van der Waals surface area (Å²) in [6, 6.07) is 7.93. The van der Waals surface area contributed by atoms with Crippen molar-refractivity contribution in [2.75, 3.05) is 51.8 Å². The van der Waals surface area contributed by atoms with Crippen molar-refractivity contribution in [2.45, 2.75) is 27.2 Å². The summed E-state index contributed by atoms with van der Waals surface area (Å²) in [5.74, 6) is 2.56. The molecule has 7 nitrogen and oxygen atoms in total. The lowest BCUT2D eigenvalue weighted by Crippen LogP contribution is -2.47. The fraction of sp³-hybridized carbons (Fsp3) is 0.478. The molecular weight excluding hydrogens is 378 g/mol. The first-order valence-corrected chi connectivity index (χ1v) is 10.6. The number of nitrogens with zero attached hydrogens (tertiary/aromatic N) is 5. The van der Waals surface area contributed by atoms with Gasteiger partial charge in [-0.05, 0) is 45.0 Å². The van der Waals surface area contributed by atoms with Crippen molar-refractivity contribution in [1.82, 2.24) is 19.5 Å². The Kier molecular flexibility index (Phi) is 5.81. The van der Waals surface area contributed by atoms with E-state index in [1.54, 1.807) is 14.2 Å². The van der Waals surface area contributed by atoms with E-state index >= 15 is 0 Å². The Morgan fingerprint density at radius 1 is 0.967 bits per heavy atom. The number of aryl methyl sites for hydroxylation is 1. The molecule has 1 aromatic carbocycles. The van der Waals surface area contributed by atoms with Crippen molar-refractivity contribution in [1.29, 1.82) is 0 Å². The van der Waals surface area contributed by atoms with Gasteiger partial charge in [0.25, 0.3) is 0 Å². The van der Waals surface area contributed by atoms with Gasteiger partial charge in [0.1, 0.15) is 5.82 Å². The van der Waals surface area contributed by atoms with Gasteiger partial charge in [0.15, 0.2) is 17.1 Å². The maximum atomic E-state index is 5.47. The van der Waals surface area contributed by atoms with E-state index in [-0.39, 0.29) is 0 Å². The normalized spacial score (nSPS) is 15.0. The van der Waals surface area contributed by atoms with E-state index in [9.17, 15) is 0 Å². The predicted molar refractivity (Wildman–Crippen MR) is 120 cm³/mol. The number of hydrogen-bond acceptors (Lipinski definition) is 6. The van der Waals surface area contributed by atoms with Crippen LogP contribution in [0, 0.1) is 13.8 Å². The molecule has 0 saturated carbocycles. The van der Waals surface area contributed by atoms with Gasteiger partial charge in [0.05, 0.1) is 19.9 Å². The van der Waals surface area contributed by atoms with E-state index in [1.165, 1.54) is 18.5 Å². The van der Waals surface area contributed by atoms with Crippen LogP contribution in [0.15, 0.2) is 24.3 Å². The summed E-state index contributed by atoms with van der Waals surface area (Å²) in [7, 11) is 3.29. The minimum Gasteiger partial charge on any atom is -0.493 e. The standard InChI is InChI=1S/C23H31N5O2/c1-6-9-26-10-12-27(13-11-26)23-16(2)17(3)24-22-15-19(25-28(22)23)18-7-8-20(29-4)21(14-18)30-5/h7-8,14-15H,6,9-13H2,1-5H3. The van der Waals surface area contributed by atoms with E-state index in [0.717, 1.165) is 54.6 Å². The molecule has 4 rings (SSSR count). The smallest absolute Gasteiger partial charge is 0.161 e. The van der Waals surface area contributed by atoms with Crippen LogP contribution in [0.2, 0.25) is 0 Å². The summed E-state index contributed by atoms with van der Waals surface area (Å²) in [6.07, 6.45) is 1.20. The Bertz CT molecular complexity index is 1040. The average Bonchev–Trinajstić information content (AvgIpc) is 3.18. The molecule has 160 valence electrons. The van der Waals surface area contributed by atoms with Gasteiger partial charge >= 0.3 is 0 Å². The third-order valence-corrected chi connectivity index (χ3v) is 5.94. The minimum absolute atomic E-state index is 0.694. The molecule has 1 aliphatic rings. The first-order chi connectivity index (χ1) is 14.5. The van der Waals surface area contributed by atoms with Crippen molar-refractivity contribution >= 4 is 11.5 Å². The van der Waals surface area contributed by atoms with Crippen LogP contribution in [0.1, 0.15) is 24.6 Å². The Labute approximate surface area is 178 Å². The third kappa shape index (κ3) is 3.69. The Morgan fingerprint density at radius 3 is 2.37 bits per heavy atom. The quantitative estimate of drug-likeness (QED) is 0.621. The van der Waals surface area contributed by atoms with Crippen LogP contribution in [-0.4, -0.2) is 66.4 Å². The van der Waals surface area contributed by atoms with E-state index in [4.69, 9.17) is 19.6 Å². The molecule has 0 aliphatic carbocycles.